The summed E-state index contributed by atoms with van der Waals surface area (Å²) in [6, 6.07) is 8.50. The first-order chi connectivity index (χ1) is 8.29. The van der Waals surface area contributed by atoms with Gasteiger partial charge >= 0.3 is 0 Å². The summed E-state index contributed by atoms with van der Waals surface area (Å²) in [6.07, 6.45) is 6.85. The second kappa shape index (κ2) is 5.79. The molecule has 90 valence electrons. The largest absolute Gasteiger partial charge is 0.235 e. The van der Waals surface area contributed by atoms with Crippen molar-refractivity contribution in [1.82, 2.24) is 0 Å². The molecule has 2 heteroatoms. The molecule has 1 fully saturated rings. The molecular weight excluding hydrogens is 210 g/mol. The van der Waals surface area contributed by atoms with Gasteiger partial charge in [-0.05, 0) is 35.8 Å². The minimum Gasteiger partial charge on any atom is -0.211 e. The van der Waals surface area contributed by atoms with E-state index in [1.165, 1.54) is 31.2 Å². The van der Waals surface area contributed by atoms with Crippen LogP contribution in [-0.4, -0.2) is 6.08 Å². The smallest absolute Gasteiger partial charge is 0.211 e. The Labute approximate surface area is 103 Å². The molecule has 0 N–H and O–H groups in total. The molecule has 0 saturated heterocycles. The van der Waals surface area contributed by atoms with Crippen LogP contribution in [0.5, 0.6) is 0 Å². The van der Waals surface area contributed by atoms with Crippen LogP contribution in [0.2, 0.25) is 0 Å². The van der Waals surface area contributed by atoms with Crippen LogP contribution in [-0.2, 0) is 11.3 Å². The van der Waals surface area contributed by atoms with Crippen molar-refractivity contribution in [2.45, 2.75) is 45.1 Å². The summed E-state index contributed by atoms with van der Waals surface area (Å²) >= 11 is 0. The molecule has 0 atom stereocenters. The van der Waals surface area contributed by atoms with Crippen LogP contribution in [0.3, 0.4) is 0 Å². The molecule has 2 rings (SSSR count). The van der Waals surface area contributed by atoms with E-state index < -0.39 is 0 Å². The molecule has 2 nitrogen and oxygen atoms in total. The third-order valence-corrected chi connectivity index (χ3v) is 3.76. The number of aliphatic imine (C=N–C) groups is 1. The van der Waals surface area contributed by atoms with Gasteiger partial charge in [-0.15, -0.1) is 0 Å². The highest BCUT2D eigenvalue weighted by Gasteiger charge is 2.19. The lowest BCUT2D eigenvalue weighted by Gasteiger charge is -2.26. The zero-order valence-electron chi connectivity index (χ0n) is 10.4. The van der Waals surface area contributed by atoms with Gasteiger partial charge in [-0.3, -0.25) is 0 Å². The van der Waals surface area contributed by atoms with E-state index in [1.807, 2.05) is 6.07 Å². The fourth-order valence-corrected chi connectivity index (χ4v) is 2.66. The van der Waals surface area contributed by atoms with Gasteiger partial charge in [-0.1, -0.05) is 44.0 Å². The normalized spacial score (nSPS) is 24.1. The highest BCUT2D eigenvalue weighted by molar-refractivity contribution is 5.34. The number of hydrogen-bond acceptors (Lipinski definition) is 2. The molecule has 0 aromatic heterocycles. The Kier molecular flexibility index (Phi) is 4.11. The Morgan fingerprint density at radius 2 is 2.06 bits per heavy atom. The molecular formula is C15H19NO. The maximum atomic E-state index is 10.1. The average Bonchev–Trinajstić information content (AvgIpc) is 2.37. The summed E-state index contributed by atoms with van der Waals surface area (Å²) in [5.41, 5.74) is 2.53. The fourth-order valence-electron chi connectivity index (χ4n) is 2.66. The standard InChI is InChI=1S/C15H19NO/c1-12-5-7-14(8-6-12)15-4-2-3-13(9-15)10-16-11-17/h2-4,9,12,14H,5-8,10H2,1H3. The fraction of sp³-hybridized carbons (Fsp3) is 0.533. The van der Waals surface area contributed by atoms with Gasteiger partial charge in [0.15, 0.2) is 0 Å². The van der Waals surface area contributed by atoms with Crippen molar-refractivity contribution in [2.24, 2.45) is 10.9 Å². The summed E-state index contributed by atoms with van der Waals surface area (Å²) in [4.78, 5) is 13.7. The number of carbonyl (C=O) groups excluding carboxylic acids is 1. The van der Waals surface area contributed by atoms with E-state index in [2.05, 4.69) is 30.1 Å². The molecule has 1 aromatic carbocycles. The third-order valence-electron chi connectivity index (χ3n) is 3.76. The summed E-state index contributed by atoms with van der Waals surface area (Å²) in [6.45, 7) is 2.80. The zero-order chi connectivity index (χ0) is 12.1. The first kappa shape index (κ1) is 12.1. The highest BCUT2D eigenvalue weighted by Crippen LogP contribution is 2.35. The molecule has 0 amide bonds. The number of hydrogen-bond donors (Lipinski definition) is 0. The van der Waals surface area contributed by atoms with E-state index in [0.717, 1.165) is 11.5 Å². The van der Waals surface area contributed by atoms with Crippen molar-refractivity contribution in [3.8, 4) is 0 Å². The Hall–Kier alpha value is -1.40. The Bertz CT molecular complexity index is 413. The molecule has 17 heavy (non-hydrogen) atoms. The van der Waals surface area contributed by atoms with E-state index in [4.69, 9.17) is 0 Å². The lowest BCUT2D eigenvalue weighted by molar-refractivity contribution is 0.348. The molecule has 0 radical (unpaired) electrons. The SMILES string of the molecule is CC1CCC(c2cccc(CN=C=O)c2)CC1. The maximum Gasteiger partial charge on any atom is 0.235 e. The summed E-state index contributed by atoms with van der Waals surface area (Å²) in [5, 5.41) is 0. The summed E-state index contributed by atoms with van der Waals surface area (Å²) in [7, 11) is 0. The zero-order valence-corrected chi connectivity index (χ0v) is 10.4. The van der Waals surface area contributed by atoms with Crippen LogP contribution >= 0.6 is 0 Å². The Morgan fingerprint density at radius 3 is 2.76 bits per heavy atom. The molecule has 0 heterocycles. The minimum absolute atomic E-state index is 0.459. The quantitative estimate of drug-likeness (QED) is 0.572. The van der Waals surface area contributed by atoms with Crippen molar-refractivity contribution in [3.05, 3.63) is 35.4 Å². The Balaban J connectivity index is 2.07. The van der Waals surface area contributed by atoms with Gasteiger partial charge in [0.2, 0.25) is 6.08 Å². The summed E-state index contributed by atoms with van der Waals surface area (Å²) < 4.78 is 0. The molecule has 0 bridgehead atoms. The Morgan fingerprint density at radius 1 is 1.29 bits per heavy atom. The van der Waals surface area contributed by atoms with E-state index >= 15 is 0 Å². The lowest BCUT2D eigenvalue weighted by atomic mass is 9.79. The van der Waals surface area contributed by atoms with E-state index in [1.54, 1.807) is 6.08 Å². The lowest BCUT2D eigenvalue weighted by Crippen LogP contribution is -2.10. The molecule has 0 unspecified atom stereocenters. The van der Waals surface area contributed by atoms with E-state index in [-0.39, 0.29) is 0 Å². The maximum absolute atomic E-state index is 10.1. The number of rotatable bonds is 3. The molecule has 1 aromatic rings. The minimum atomic E-state index is 0.459. The van der Waals surface area contributed by atoms with Crippen LogP contribution in [0, 0.1) is 5.92 Å². The molecule has 1 saturated carbocycles. The van der Waals surface area contributed by atoms with Gasteiger partial charge < -0.3 is 0 Å². The third kappa shape index (κ3) is 3.28. The second-order valence-electron chi connectivity index (χ2n) is 5.11. The van der Waals surface area contributed by atoms with Crippen molar-refractivity contribution in [3.63, 3.8) is 0 Å². The van der Waals surface area contributed by atoms with Crippen LogP contribution in [0.15, 0.2) is 29.3 Å². The van der Waals surface area contributed by atoms with Gasteiger partial charge in [-0.25, -0.2) is 9.79 Å². The first-order valence-corrected chi connectivity index (χ1v) is 6.42. The van der Waals surface area contributed by atoms with Gasteiger partial charge in [0.1, 0.15) is 0 Å². The summed E-state index contributed by atoms with van der Waals surface area (Å²) in [5.74, 6) is 1.58. The van der Waals surface area contributed by atoms with Crippen LogP contribution in [0.25, 0.3) is 0 Å². The highest BCUT2D eigenvalue weighted by atomic mass is 16.1. The van der Waals surface area contributed by atoms with E-state index in [9.17, 15) is 4.79 Å². The van der Waals surface area contributed by atoms with Crippen molar-refractivity contribution in [2.75, 3.05) is 0 Å². The van der Waals surface area contributed by atoms with Crippen LogP contribution < -0.4 is 0 Å². The van der Waals surface area contributed by atoms with E-state index in [0.29, 0.717) is 12.5 Å². The predicted molar refractivity (Wildman–Crippen MR) is 68.6 cm³/mol. The molecule has 0 spiro atoms. The topological polar surface area (TPSA) is 29.4 Å². The molecule has 1 aliphatic carbocycles. The van der Waals surface area contributed by atoms with Crippen molar-refractivity contribution in [1.29, 1.82) is 0 Å². The molecule has 0 aliphatic heterocycles. The number of nitrogens with zero attached hydrogens (tertiary/aromatic N) is 1. The van der Waals surface area contributed by atoms with Crippen LogP contribution in [0.4, 0.5) is 0 Å². The number of isocyanates is 1. The molecule has 1 aliphatic rings. The van der Waals surface area contributed by atoms with Crippen molar-refractivity contribution < 1.29 is 4.79 Å². The predicted octanol–water partition coefficient (Wildman–Crippen LogP) is 3.82. The first-order valence-electron chi connectivity index (χ1n) is 6.42. The monoisotopic (exact) mass is 229 g/mol. The van der Waals surface area contributed by atoms with Gasteiger partial charge in [0.05, 0.1) is 6.54 Å². The average molecular weight is 229 g/mol. The second-order valence-corrected chi connectivity index (χ2v) is 5.11. The van der Waals surface area contributed by atoms with Gasteiger partial charge in [-0.2, -0.15) is 0 Å². The van der Waals surface area contributed by atoms with Crippen LogP contribution in [0.1, 0.15) is 49.7 Å². The number of benzene rings is 1. The van der Waals surface area contributed by atoms with Crippen molar-refractivity contribution >= 4 is 6.08 Å². The van der Waals surface area contributed by atoms with Gasteiger partial charge in [0, 0.05) is 0 Å². The van der Waals surface area contributed by atoms with Gasteiger partial charge in [0.25, 0.3) is 0 Å².